The molecule has 4 rings (SSSR count). The molecule has 1 aromatic heterocycles. The molecule has 1 aliphatic heterocycles. The fourth-order valence-electron chi connectivity index (χ4n) is 3.48. The third-order valence-corrected chi connectivity index (χ3v) is 4.90. The van der Waals surface area contributed by atoms with E-state index in [4.69, 9.17) is 4.42 Å². The van der Waals surface area contributed by atoms with Crippen molar-refractivity contribution in [3.63, 3.8) is 0 Å². The van der Waals surface area contributed by atoms with Gasteiger partial charge in [-0.25, -0.2) is 4.39 Å². The summed E-state index contributed by atoms with van der Waals surface area (Å²) >= 11 is 0. The largest absolute Gasteiger partial charge is 0.503 e. The SMILES string of the molecule is O=C(C=Cc1ccccc1)C1=C(O)C(=O)N(Cc2ccco2)C1c1ccccc1F. The zero-order chi connectivity index (χ0) is 21.1. The maximum Gasteiger partial charge on any atom is 0.290 e. The lowest BCUT2D eigenvalue weighted by Gasteiger charge is -2.26. The van der Waals surface area contributed by atoms with Gasteiger partial charge in [-0.05, 0) is 29.8 Å². The fraction of sp³-hybridized carbons (Fsp3) is 0.0833. The highest BCUT2D eigenvalue weighted by Gasteiger charge is 2.44. The standard InChI is InChI=1S/C24H18FNO4/c25-19-11-5-4-10-18(19)22-21(20(27)13-12-16-7-2-1-3-8-16)23(28)24(29)26(22)15-17-9-6-14-30-17/h1-14,22,28H,15H2. The van der Waals surface area contributed by atoms with Crippen LogP contribution in [0, 0.1) is 5.82 Å². The van der Waals surface area contributed by atoms with Crippen LogP contribution in [0.25, 0.3) is 6.08 Å². The molecule has 0 spiro atoms. The first-order valence-electron chi connectivity index (χ1n) is 9.34. The Labute approximate surface area is 172 Å². The van der Waals surface area contributed by atoms with Crippen molar-refractivity contribution in [1.29, 1.82) is 0 Å². The van der Waals surface area contributed by atoms with Crippen molar-refractivity contribution in [2.45, 2.75) is 12.6 Å². The number of ketones is 1. The third kappa shape index (κ3) is 3.67. The maximum absolute atomic E-state index is 14.6. The predicted molar refractivity (Wildman–Crippen MR) is 109 cm³/mol. The van der Waals surface area contributed by atoms with Crippen LogP contribution in [0.15, 0.2) is 94.8 Å². The molecule has 3 aromatic rings. The molecule has 0 bridgehead atoms. The summed E-state index contributed by atoms with van der Waals surface area (Å²) in [5, 5.41) is 10.5. The van der Waals surface area contributed by atoms with Crippen LogP contribution in [-0.4, -0.2) is 21.7 Å². The summed E-state index contributed by atoms with van der Waals surface area (Å²) < 4.78 is 19.9. The number of halogens is 1. The number of hydrogen-bond donors (Lipinski definition) is 1. The highest BCUT2D eigenvalue weighted by Crippen LogP contribution is 2.40. The van der Waals surface area contributed by atoms with E-state index in [2.05, 4.69) is 0 Å². The van der Waals surface area contributed by atoms with Crippen LogP contribution >= 0.6 is 0 Å². The topological polar surface area (TPSA) is 70.8 Å². The molecule has 2 heterocycles. The molecular formula is C24H18FNO4. The van der Waals surface area contributed by atoms with Crippen molar-refractivity contribution in [3.05, 3.63) is 113 Å². The molecule has 2 aromatic carbocycles. The van der Waals surface area contributed by atoms with Gasteiger partial charge in [0.05, 0.1) is 24.4 Å². The molecule has 1 aliphatic rings. The van der Waals surface area contributed by atoms with E-state index in [1.807, 2.05) is 30.3 Å². The van der Waals surface area contributed by atoms with Crippen molar-refractivity contribution < 1.29 is 23.5 Å². The van der Waals surface area contributed by atoms with Gasteiger partial charge >= 0.3 is 0 Å². The van der Waals surface area contributed by atoms with E-state index in [9.17, 15) is 19.1 Å². The first-order valence-corrected chi connectivity index (χ1v) is 9.34. The molecule has 0 saturated heterocycles. The van der Waals surface area contributed by atoms with Crippen molar-refractivity contribution in [3.8, 4) is 0 Å². The van der Waals surface area contributed by atoms with E-state index in [0.29, 0.717) is 5.76 Å². The number of aliphatic hydroxyl groups is 1. The van der Waals surface area contributed by atoms with Gasteiger partial charge in [0.2, 0.25) is 0 Å². The van der Waals surface area contributed by atoms with Gasteiger partial charge in [0.1, 0.15) is 11.6 Å². The van der Waals surface area contributed by atoms with E-state index in [1.165, 1.54) is 35.4 Å². The normalized spacial score (nSPS) is 16.6. The molecule has 0 radical (unpaired) electrons. The summed E-state index contributed by atoms with van der Waals surface area (Å²) in [5.74, 6) is -2.13. The number of benzene rings is 2. The molecule has 0 saturated carbocycles. The van der Waals surface area contributed by atoms with Gasteiger partial charge in [-0.2, -0.15) is 0 Å². The van der Waals surface area contributed by atoms with E-state index in [-0.39, 0.29) is 17.7 Å². The zero-order valence-electron chi connectivity index (χ0n) is 15.9. The molecule has 1 unspecified atom stereocenters. The van der Waals surface area contributed by atoms with Gasteiger partial charge in [0.15, 0.2) is 11.5 Å². The molecule has 0 aliphatic carbocycles. The molecule has 5 nitrogen and oxygen atoms in total. The first kappa shape index (κ1) is 19.4. The van der Waals surface area contributed by atoms with E-state index < -0.39 is 29.3 Å². The average molecular weight is 403 g/mol. The quantitative estimate of drug-likeness (QED) is 0.611. The second-order valence-corrected chi connectivity index (χ2v) is 6.81. The van der Waals surface area contributed by atoms with Crippen LogP contribution in [0.4, 0.5) is 4.39 Å². The number of nitrogens with zero attached hydrogens (tertiary/aromatic N) is 1. The Hall–Kier alpha value is -3.93. The van der Waals surface area contributed by atoms with Gasteiger partial charge < -0.3 is 14.4 Å². The lowest BCUT2D eigenvalue weighted by Crippen LogP contribution is -2.31. The van der Waals surface area contributed by atoms with E-state index >= 15 is 0 Å². The number of furan rings is 1. The number of allylic oxidation sites excluding steroid dienone is 1. The van der Waals surface area contributed by atoms with Gasteiger partial charge in [-0.1, -0.05) is 54.6 Å². The number of aliphatic hydroxyl groups excluding tert-OH is 1. The second kappa shape index (κ2) is 8.21. The van der Waals surface area contributed by atoms with Gasteiger partial charge in [-0.3, -0.25) is 9.59 Å². The zero-order valence-corrected chi connectivity index (χ0v) is 15.9. The molecular weight excluding hydrogens is 385 g/mol. The summed E-state index contributed by atoms with van der Waals surface area (Å²) in [7, 11) is 0. The van der Waals surface area contributed by atoms with Crippen LogP contribution in [0.1, 0.15) is 22.9 Å². The van der Waals surface area contributed by atoms with E-state index in [1.54, 1.807) is 24.3 Å². The third-order valence-electron chi connectivity index (χ3n) is 4.90. The Balaban J connectivity index is 1.74. The lowest BCUT2D eigenvalue weighted by atomic mass is 9.95. The smallest absolute Gasteiger partial charge is 0.290 e. The number of carbonyl (C=O) groups is 2. The second-order valence-electron chi connectivity index (χ2n) is 6.81. The minimum Gasteiger partial charge on any atom is -0.503 e. The van der Waals surface area contributed by atoms with Gasteiger partial charge in [0.25, 0.3) is 5.91 Å². The molecule has 6 heteroatoms. The van der Waals surface area contributed by atoms with Crippen molar-refractivity contribution in [2.75, 3.05) is 0 Å². The predicted octanol–water partition coefficient (Wildman–Crippen LogP) is 4.60. The molecule has 1 amide bonds. The summed E-state index contributed by atoms with van der Waals surface area (Å²) in [6, 6.07) is 17.3. The molecule has 0 fully saturated rings. The van der Waals surface area contributed by atoms with Crippen LogP contribution in [0.3, 0.4) is 0 Å². The van der Waals surface area contributed by atoms with Gasteiger partial charge in [-0.15, -0.1) is 0 Å². The minimum atomic E-state index is -1.07. The number of hydrogen-bond acceptors (Lipinski definition) is 4. The average Bonchev–Trinajstić information content (AvgIpc) is 3.36. The highest BCUT2D eigenvalue weighted by atomic mass is 19.1. The number of carbonyl (C=O) groups excluding carboxylic acids is 2. The van der Waals surface area contributed by atoms with Gasteiger partial charge in [0, 0.05) is 5.56 Å². The van der Waals surface area contributed by atoms with Crippen molar-refractivity contribution in [2.24, 2.45) is 0 Å². The Bertz CT molecular complexity index is 1130. The summed E-state index contributed by atoms with van der Waals surface area (Å²) in [5.41, 5.74) is 0.743. The van der Waals surface area contributed by atoms with Crippen molar-refractivity contribution in [1.82, 2.24) is 4.90 Å². The highest BCUT2D eigenvalue weighted by molar-refractivity contribution is 6.14. The molecule has 1 atom stereocenters. The molecule has 1 N–H and O–H groups in total. The molecule has 30 heavy (non-hydrogen) atoms. The number of rotatable bonds is 6. The molecule has 150 valence electrons. The van der Waals surface area contributed by atoms with Crippen LogP contribution < -0.4 is 0 Å². The van der Waals surface area contributed by atoms with Crippen molar-refractivity contribution >= 4 is 17.8 Å². The Morgan fingerprint density at radius 1 is 1.07 bits per heavy atom. The van der Waals surface area contributed by atoms with Crippen LogP contribution in [0.2, 0.25) is 0 Å². The van der Waals surface area contributed by atoms with Crippen LogP contribution in [0.5, 0.6) is 0 Å². The monoisotopic (exact) mass is 403 g/mol. The minimum absolute atomic E-state index is 0.0198. The summed E-state index contributed by atoms with van der Waals surface area (Å²) in [6.45, 7) is -0.0198. The first-order chi connectivity index (χ1) is 14.6. The lowest BCUT2D eigenvalue weighted by molar-refractivity contribution is -0.130. The summed E-state index contributed by atoms with van der Waals surface area (Å²) in [6.07, 6.45) is 4.31. The maximum atomic E-state index is 14.6. The number of amides is 1. The Morgan fingerprint density at radius 3 is 2.50 bits per heavy atom. The Kier molecular flexibility index (Phi) is 5.30. The van der Waals surface area contributed by atoms with Crippen LogP contribution in [-0.2, 0) is 16.1 Å². The fourth-order valence-corrected chi connectivity index (χ4v) is 3.48. The Morgan fingerprint density at radius 2 is 1.80 bits per heavy atom. The summed E-state index contributed by atoms with van der Waals surface area (Å²) in [4.78, 5) is 27.0. The van der Waals surface area contributed by atoms with E-state index in [0.717, 1.165) is 5.56 Å².